The highest BCUT2D eigenvalue weighted by molar-refractivity contribution is 7.89. The SMILES string of the molecule is CC(NS(=O)(=O)c1ccccc1)c1ccc(N2CCCCC2)cc1. The van der Waals surface area contributed by atoms with Crippen molar-refractivity contribution in [3.63, 3.8) is 0 Å². The zero-order chi connectivity index (χ0) is 17.0. The molecular formula is C19H24N2O2S. The van der Waals surface area contributed by atoms with Gasteiger partial charge in [0.15, 0.2) is 0 Å². The fourth-order valence-electron chi connectivity index (χ4n) is 3.09. The number of piperidine rings is 1. The fraction of sp³-hybridized carbons (Fsp3) is 0.368. The van der Waals surface area contributed by atoms with Crippen LogP contribution in [0.4, 0.5) is 5.69 Å². The molecule has 1 fully saturated rings. The summed E-state index contributed by atoms with van der Waals surface area (Å²) in [5.74, 6) is 0. The summed E-state index contributed by atoms with van der Waals surface area (Å²) in [5, 5.41) is 0. The maximum atomic E-state index is 12.4. The van der Waals surface area contributed by atoms with Crippen molar-refractivity contribution in [3.8, 4) is 0 Å². The quantitative estimate of drug-likeness (QED) is 0.899. The van der Waals surface area contributed by atoms with Gasteiger partial charge in [-0.25, -0.2) is 13.1 Å². The van der Waals surface area contributed by atoms with Crippen LogP contribution in [0.2, 0.25) is 0 Å². The molecule has 0 aliphatic carbocycles. The molecular weight excluding hydrogens is 320 g/mol. The van der Waals surface area contributed by atoms with Crippen LogP contribution in [0.5, 0.6) is 0 Å². The molecule has 128 valence electrons. The second-order valence-electron chi connectivity index (χ2n) is 6.30. The lowest BCUT2D eigenvalue weighted by Gasteiger charge is -2.29. The van der Waals surface area contributed by atoms with Crippen molar-refractivity contribution in [2.24, 2.45) is 0 Å². The minimum atomic E-state index is -3.50. The minimum Gasteiger partial charge on any atom is -0.372 e. The van der Waals surface area contributed by atoms with Crippen molar-refractivity contribution in [2.45, 2.75) is 37.1 Å². The second-order valence-corrected chi connectivity index (χ2v) is 8.01. The molecule has 1 unspecified atom stereocenters. The Balaban J connectivity index is 1.70. The molecule has 3 rings (SSSR count). The van der Waals surface area contributed by atoms with E-state index in [1.807, 2.05) is 25.1 Å². The number of sulfonamides is 1. The Morgan fingerprint density at radius 3 is 2.17 bits per heavy atom. The third kappa shape index (κ3) is 3.97. The van der Waals surface area contributed by atoms with Crippen molar-refractivity contribution in [3.05, 3.63) is 60.2 Å². The lowest BCUT2D eigenvalue weighted by Crippen LogP contribution is -2.29. The first-order valence-corrected chi connectivity index (χ1v) is 9.97. The first-order chi connectivity index (χ1) is 11.6. The second kappa shape index (κ2) is 7.36. The standard InChI is InChI=1S/C19H24N2O2S/c1-16(20-24(22,23)19-8-4-2-5-9-19)17-10-12-18(13-11-17)21-14-6-3-7-15-21/h2,4-5,8-13,16,20H,3,6-7,14-15H2,1H3. The Labute approximate surface area is 144 Å². The Morgan fingerprint density at radius 1 is 0.917 bits per heavy atom. The molecule has 0 radical (unpaired) electrons. The van der Waals surface area contributed by atoms with Crippen LogP contribution in [0.3, 0.4) is 0 Å². The summed E-state index contributed by atoms with van der Waals surface area (Å²) in [6, 6.07) is 16.4. The van der Waals surface area contributed by atoms with E-state index in [4.69, 9.17) is 0 Å². The smallest absolute Gasteiger partial charge is 0.241 e. The fourth-order valence-corrected chi connectivity index (χ4v) is 4.35. The topological polar surface area (TPSA) is 49.4 Å². The van der Waals surface area contributed by atoms with E-state index in [1.165, 1.54) is 24.9 Å². The predicted molar refractivity (Wildman–Crippen MR) is 97.7 cm³/mol. The molecule has 24 heavy (non-hydrogen) atoms. The van der Waals surface area contributed by atoms with Crippen LogP contribution < -0.4 is 9.62 Å². The zero-order valence-electron chi connectivity index (χ0n) is 14.0. The molecule has 1 aliphatic heterocycles. The van der Waals surface area contributed by atoms with Gasteiger partial charge in [0.2, 0.25) is 10.0 Å². The molecule has 0 saturated carbocycles. The van der Waals surface area contributed by atoms with Crippen LogP contribution in [0, 0.1) is 0 Å². The Hall–Kier alpha value is -1.85. The normalized spacial score (nSPS) is 16.8. The van der Waals surface area contributed by atoms with Crippen LogP contribution in [0.1, 0.15) is 37.8 Å². The maximum Gasteiger partial charge on any atom is 0.241 e. The number of benzene rings is 2. The summed E-state index contributed by atoms with van der Waals surface area (Å²) in [6.07, 6.45) is 3.80. The highest BCUT2D eigenvalue weighted by atomic mass is 32.2. The lowest BCUT2D eigenvalue weighted by molar-refractivity contribution is 0.566. The summed E-state index contributed by atoms with van der Waals surface area (Å²) in [4.78, 5) is 2.69. The lowest BCUT2D eigenvalue weighted by atomic mass is 10.1. The molecule has 5 heteroatoms. The van der Waals surface area contributed by atoms with Crippen molar-refractivity contribution in [1.82, 2.24) is 4.72 Å². The van der Waals surface area contributed by atoms with Crippen molar-refractivity contribution in [2.75, 3.05) is 18.0 Å². The van der Waals surface area contributed by atoms with E-state index >= 15 is 0 Å². The number of anilines is 1. The third-order valence-electron chi connectivity index (χ3n) is 4.50. The van der Waals surface area contributed by atoms with Crippen molar-refractivity contribution >= 4 is 15.7 Å². The number of nitrogens with zero attached hydrogens (tertiary/aromatic N) is 1. The van der Waals surface area contributed by atoms with E-state index in [2.05, 4.69) is 21.8 Å². The largest absolute Gasteiger partial charge is 0.372 e. The highest BCUT2D eigenvalue weighted by Crippen LogP contribution is 2.23. The van der Waals surface area contributed by atoms with Crippen molar-refractivity contribution < 1.29 is 8.42 Å². The molecule has 1 saturated heterocycles. The van der Waals surface area contributed by atoms with Gasteiger partial charge in [-0.2, -0.15) is 0 Å². The average Bonchev–Trinajstić information content (AvgIpc) is 2.63. The summed E-state index contributed by atoms with van der Waals surface area (Å²) >= 11 is 0. The van der Waals surface area contributed by atoms with E-state index in [0.717, 1.165) is 18.7 Å². The van der Waals surface area contributed by atoms with Gasteiger partial charge in [-0.05, 0) is 56.0 Å². The number of nitrogens with one attached hydrogen (secondary N) is 1. The van der Waals surface area contributed by atoms with Gasteiger partial charge in [-0.1, -0.05) is 30.3 Å². The zero-order valence-corrected chi connectivity index (χ0v) is 14.8. The average molecular weight is 344 g/mol. The van der Waals surface area contributed by atoms with Gasteiger partial charge in [0.1, 0.15) is 0 Å². The van der Waals surface area contributed by atoms with E-state index < -0.39 is 10.0 Å². The Bertz CT molecular complexity index is 752. The molecule has 4 nitrogen and oxygen atoms in total. The van der Waals surface area contributed by atoms with Gasteiger partial charge in [-0.3, -0.25) is 0 Å². The first kappa shape index (κ1) is 17.0. The van der Waals surface area contributed by atoms with E-state index in [9.17, 15) is 8.42 Å². The molecule has 1 atom stereocenters. The van der Waals surface area contributed by atoms with Crippen molar-refractivity contribution in [1.29, 1.82) is 0 Å². The minimum absolute atomic E-state index is 0.273. The summed E-state index contributed by atoms with van der Waals surface area (Å²) in [6.45, 7) is 4.08. The van der Waals surface area contributed by atoms with E-state index in [0.29, 0.717) is 4.90 Å². The summed E-state index contributed by atoms with van der Waals surface area (Å²) < 4.78 is 27.6. The molecule has 2 aromatic rings. The molecule has 1 aliphatic rings. The van der Waals surface area contributed by atoms with Gasteiger partial charge in [0.25, 0.3) is 0 Å². The van der Waals surface area contributed by atoms with Crippen LogP contribution in [-0.2, 0) is 10.0 Å². The molecule has 1 heterocycles. The molecule has 0 bridgehead atoms. The molecule has 0 amide bonds. The van der Waals surface area contributed by atoms with Gasteiger partial charge >= 0.3 is 0 Å². The van der Waals surface area contributed by atoms with Crippen LogP contribution in [0.15, 0.2) is 59.5 Å². The monoisotopic (exact) mass is 344 g/mol. The van der Waals surface area contributed by atoms with Gasteiger partial charge in [0.05, 0.1) is 4.90 Å². The first-order valence-electron chi connectivity index (χ1n) is 8.48. The highest BCUT2D eigenvalue weighted by Gasteiger charge is 2.18. The van der Waals surface area contributed by atoms with E-state index in [1.54, 1.807) is 24.3 Å². The molecule has 1 N–H and O–H groups in total. The number of hydrogen-bond acceptors (Lipinski definition) is 3. The predicted octanol–water partition coefficient (Wildman–Crippen LogP) is 3.72. The Morgan fingerprint density at radius 2 is 1.54 bits per heavy atom. The maximum absolute atomic E-state index is 12.4. The summed E-state index contributed by atoms with van der Waals surface area (Å²) in [7, 11) is -3.50. The number of hydrogen-bond donors (Lipinski definition) is 1. The van der Waals surface area contributed by atoms with Crippen LogP contribution >= 0.6 is 0 Å². The van der Waals surface area contributed by atoms with Gasteiger partial charge in [-0.15, -0.1) is 0 Å². The molecule has 2 aromatic carbocycles. The van der Waals surface area contributed by atoms with Gasteiger partial charge in [0, 0.05) is 24.8 Å². The number of rotatable bonds is 5. The Kier molecular flexibility index (Phi) is 5.21. The summed E-state index contributed by atoms with van der Waals surface area (Å²) in [5.41, 5.74) is 2.19. The third-order valence-corrected chi connectivity index (χ3v) is 6.06. The van der Waals surface area contributed by atoms with Gasteiger partial charge < -0.3 is 4.90 Å². The van der Waals surface area contributed by atoms with Crippen LogP contribution in [0.25, 0.3) is 0 Å². The van der Waals surface area contributed by atoms with Crippen LogP contribution in [-0.4, -0.2) is 21.5 Å². The molecule has 0 aromatic heterocycles. The molecule has 0 spiro atoms. The van der Waals surface area contributed by atoms with E-state index in [-0.39, 0.29) is 6.04 Å².